The van der Waals surface area contributed by atoms with E-state index in [9.17, 15) is 5.11 Å². The van der Waals surface area contributed by atoms with Crippen LogP contribution in [0, 0.1) is 0 Å². The lowest BCUT2D eigenvalue weighted by Crippen LogP contribution is -2.42. The summed E-state index contributed by atoms with van der Waals surface area (Å²) in [6.07, 6.45) is 6.25. The topological polar surface area (TPSA) is 38.7 Å². The summed E-state index contributed by atoms with van der Waals surface area (Å²) in [6, 6.07) is 1.94. The zero-order valence-electron chi connectivity index (χ0n) is 13.2. The third kappa shape index (κ3) is 1.76. The second kappa shape index (κ2) is 4.16. The second-order valence-electron chi connectivity index (χ2n) is 7.51. The molecule has 3 aliphatic carbocycles. The number of aryl methyl sites for hydroxylation is 1. The number of methoxy groups -OCH3 is 1. The molecule has 0 radical (unpaired) electrons. The summed E-state index contributed by atoms with van der Waals surface area (Å²) in [5.41, 5.74) is 3.03. The summed E-state index contributed by atoms with van der Waals surface area (Å²) in [7, 11) is 1.81. The fourth-order valence-corrected chi connectivity index (χ4v) is 4.58. The SMILES string of the molecule is COC12CCC(CC1)c1c(O)cc3c(c12)OC(C)(C)CC3. The molecule has 0 atom stereocenters. The zero-order valence-corrected chi connectivity index (χ0v) is 13.2. The molecule has 3 nitrogen and oxygen atoms in total. The van der Waals surface area contributed by atoms with Gasteiger partial charge in [-0.05, 0) is 69.9 Å². The lowest BCUT2D eigenvalue weighted by Gasteiger charge is -2.49. The van der Waals surface area contributed by atoms with Crippen molar-refractivity contribution in [1.29, 1.82) is 0 Å². The van der Waals surface area contributed by atoms with Gasteiger partial charge in [-0.2, -0.15) is 0 Å². The van der Waals surface area contributed by atoms with Gasteiger partial charge in [0, 0.05) is 18.2 Å². The third-order valence-electron chi connectivity index (χ3n) is 5.80. The van der Waals surface area contributed by atoms with E-state index in [4.69, 9.17) is 9.47 Å². The number of phenols is 1. The molecule has 3 heteroatoms. The Bertz CT molecular complexity index is 595. The minimum atomic E-state index is -0.250. The highest BCUT2D eigenvalue weighted by molar-refractivity contribution is 5.60. The number of phenolic OH excluding ortho intramolecular Hbond substituents is 1. The van der Waals surface area contributed by atoms with E-state index < -0.39 is 0 Å². The van der Waals surface area contributed by atoms with E-state index in [-0.39, 0.29) is 11.2 Å². The van der Waals surface area contributed by atoms with E-state index in [1.807, 2.05) is 6.07 Å². The molecule has 5 rings (SSSR count). The van der Waals surface area contributed by atoms with Crippen LogP contribution in [0.1, 0.15) is 68.6 Å². The maximum Gasteiger partial charge on any atom is 0.129 e. The summed E-state index contributed by atoms with van der Waals surface area (Å²) in [5.74, 6) is 1.93. The van der Waals surface area contributed by atoms with Crippen LogP contribution >= 0.6 is 0 Å². The van der Waals surface area contributed by atoms with Crippen LogP contribution in [-0.2, 0) is 16.8 Å². The Morgan fingerprint density at radius 2 is 1.95 bits per heavy atom. The summed E-state index contributed by atoms with van der Waals surface area (Å²) < 4.78 is 12.4. The van der Waals surface area contributed by atoms with Crippen LogP contribution in [0.2, 0.25) is 0 Å². The number of rotatable bonds is 1. The molecule has 1 aromatic carbocycles. The van der Waals surface area contributed by atoms with Crippen LogP contribution in [0.5, 0.6) is 11.5 Å². The van der Waals surface area contributed by atoms with Crippen molar-refractivity contribution in [3.8, 4) is 11.5 Å². The molecule has 21 heavy (non-hydrogen) atoms. The van der Waals surface area contributed by atoms with E-state index >= 15 is 0 Å². The van der Waals surface area contributed by atoms with E-state index in [1.54, 1.807) is 7.11 Å². The first-order valence-corrected chi connectivity index (χ1v) is 8.09. The molecular formula is C18H24O3. The number of aromatic hydroxyl groups is 1. The van der Waals surface area contributed by atoms with Crippen LogP contribution in [0.15, 0.2) is 6.07 Å². The fraction of sp³-hybridized carbons (Fsp3) is 0.667. The first-order valence-electron chi connectivity index (χ1n) is 8.09. The van der Waals surface area contributed by atoms with Crippen molar-refractivity contribution in [3.05, 3.63) is 22.8 Å². The van der Waals surface area contributed by atoms with Crippen molar-refractivity contribution in [2.75, 3.05) is 7.11 Å². The van der Waals surface area contributed by atoms with Gasteiger partial charge in [0.25, 0.3) is 0 Å². The normalized spacial score (nSPS) is 32.2. The number of benzene rings is 1. The van der Waals surface area contributed by atoms with Gasteiger partial charge in [-0.15, -0.1) is 0 Å². The van der Waals surface area contributed by atoms with Gasteiger partial charge < -0.3 is 14.6 Å². The minimum Gasteiger partial charge on any atom is -0.508 e. The second-order valence-corrected chi connectivity index (χ2v) is 7.51. The quantitative estimate of drug-likeness (QED) is 0.848. The highest BCUT2D eigenvalue weighted by Gasteiger charge is 2.50. The molecule has 1 N–H and O–H groups in total. The van der Waals surface area contributed by atoms with Gasteiger partial charge in [-0.3, -0.25) is 0 Å². The van der Waals surface area contributed by atoms with Crippen LogP contribution in [0.4, 0.5) is 0 Å². The number of hydrogen-bond acceptors (Lipinski definition) is 3. The zero-order chi connectivity index (χ0) is 14.8. The molecule has 1 fully saturated rings. The maximum absolute atomic E-state index is 10.6. The Morgan fingerprint density at radius 1 is 1.24 bits per heavy atom. The van der Waals surface area contributed by atoms with Crippen molar-refractivity contribution in [2.45, 2.75) is 69.5 Å². The standard InChI is InChI=1S/C18H24O3/c1-17(2)7-4-12-10-13(19)14-11-5-8-18(20-3,9-6-11)15(14)16(12)21-17/h10-11,19H,4-9H2,1-3H3. The molecule has 1 saturated carbocycles. The summed E-state index contributed by atoms with van der Waals surface area (Å²) in [5, 5.41) is 10.6. The molecule has 0 spiro atoms. The van der Waals surface area contributed by atoms with Gasteiger partial charge in [-0.25, -0.2) is 0 Å². The molecule has 114 valence electrons. The minimum absolute atomic E-state index is 0.136. The van der Waals surface area contributed by atoms with Gasteiger partial charge in [0.1, 0.15) is 17.1 Å². The monoisotopic (exact) mass is 288 g/mol. The molecule has 1 heterocycles. The average molecular weight is 288 g/mol. The number of hydrogen-bond donors (Lipinski definition) is 1. The van der Waals surface area contributed by atoms with Gasteiger partial charge in [-0.1, -0.05) is 0 Å². The summed E-state index contributed by atoms with van der Waals surface area (Å²) in [4.78, 5) is 0. The highest BCUT2D eigenvalue weighted by atomic mass is 16.5. The molecule has 0 aromatic heterocycles. The van der Waals surface area contributed by atoms with Crippen molar-refractivity contribution in [2.24, 2.45) is 0 Å². The van der Waals surface area contributed by atoms with E-state index in [0.29, 0.717) is 11.7 Å². The van der Waals surface area contributed by atoms with Gasteiger partial charge in [0.15, 0.2) is 0 Å². The Kier molecular flexibility index (Phi) is 2.66. The van der Waals surface area contributed by atoms with E-state index in [0.717, 1.165) is 61.0 Å². The highest BCUT2D eigenvalue weighted by Crippen LogP contribution is 2.60. The molecule has 1 aromatic rings. The van der Waals surface area contributed by atoms with Crippen molar-refractivity contribution in [1.82, 2.24) is 0 Å². The predicted molar refractivity (Wildman–Crippen MR) is 81.0 cm³/mol. The molecule has 1 aliphatic heterocycles. The lowest BCUT2D eigenvalue weighted by molar-refractivity contribution is -0.0646. The molecular weight excluding hydrogens is 264 g/mol. The molecule has 4 aliphatic rings. The third-order valence-corrected chi connectivity index (χ3v) is 5.80. The van der Waals surface area contributed by atoms with Crippen LogP contribution in [-0.4, -0.2) is 17.8 Å². The van der Waals surface area contributed by atoms with Crippen molar-refractivity contribution >= 4 is 0 Å². The van der Waals surface area contributed by atoms with Gasteiger partial charge in [0.05, 0.1) is 5.60 Å². The van der Waals surface area contributed by atoms with E-state index in [2.05, 4.69) is 13.8 Å². The number of ether oxygens (including phenoxy) is 2. The molecule has 2 bridgehead atoms. The van der Waals surface area contributed by atoms with Crippen molar-refractivity contribution < 1.29 is 14.6 Å². The Morgan fingerprint density at radius 3 is 2.62 bits per heavy atom. The first-order chi connectivity index (χ1) is 9.96. The molecule has 0 saturated heterocycles. The maximum atomic E-state index is 10.6. The number of fused-ring (bicyclic) bond motifs is 3. The van der Waals surface area contributed by atoms with Crippen LogP contribution in [0.25, 0.3) is 0 Å². The first kappa shape index (κ1) is 13.4. The lowest BCUT2D eigenvalue weighted by atomic mass is 9.63. The Hall–Kier alpha value is -1.22. The van der Waals surface area contributed by atoms with Crippen LogP contribution in [0.3, 0.4) is 0 Å². The van der Waals surface area contributed by atoms with Gasteiger partial charge in [0.2, 0.25) is 0 Å². The fourth-order valence-electron chi connectivity index (χ4n) is 4.58. The molecule has 0 amide bonds. The molecule has 0 unspecified atom stereocenters. The largest absolute Gasteiger partial charge is 0.508 e. The average Bonchev–Trinajstić information content (AvgIpc) is 2.48. The predicted octanol–water partition coefficient (Wildman–Crippen LogP) is 4.01. The smallest absolute Gasteiger partial charge is 0.129 e. The Labute approximate surface area is 126 Å². The Balaban J connectivity index is 1.99. The van der Waals surface area contributed by atoms with Gasteiger partial charge >= 0.3 is 0 Å². The van der Waals surface area contributed by atoms with E-state index in [1.165, 1.54) is 0 Å². The van der Waals surface area contributed by atoms with Crippen LogP contribution < -0.4 is 4.74 Å². The summed E-state index contributed by atoms with van der Waals surface area (Å²) in [6.45, 7) is 4.30. The summed E-state index contributed by atoms with van der Waals surface area (Å²) >= 11 is 0. The van der Waals surface area contributed by atoms with Crippen molar-refractivity contribution in [3.63, 3.8) is 0 Å².